The van der Waals surface area contributed by atoms with Crippen LogP contribution in [0.2, 0.25) is 0 Å². The largest absolute Gasteiger partial charge is 0.345 e. The number of carbonyl (C=O) groups is 2. The van der Waals surface area contributed by atoms with Crippen LogP contribution < -0.4 is 5.32 Å². The van der Waals surface area contributed by atoms with E-state index >= 15 is 0 Å². The zero-order chi connectivity index (χ0) is 23.1. The van der Waals surface area contributed by atoms with E-state index in [2.05, 4.69) is 45.5 Å². The van der Waals surface area contributed by atoms with Crippen LogP contribution in [0.4, 0.5) is 0 Å². The second kappa shape index (κ2) is 8.66. The maximum atomic E-state index is 13.1. The molecule has 170 valence electrons. The van der Waals surface area contributed by atoms with Crippen molar-refractivity contribution in [2.75, 3.05) is 26.2 Å². The Morgan fingerprint density at radius 1 is 0.941 bits per heavy atom. The zero-order valence-electron chi connectivity index (χ0n) is 18.6. The van der Waals surface area contributed by atoms with Gasteiger partial charge in [-0.15, -0.1) is 11.3 Å². The molecule has 4 aromatic rings. The lowest BCUT2D eigenvalue weighted by Crippen LogP contribution is -2.70. The number of nitrogens with zero attached hydrogens (tertiary/aromatic N) is 3. The van der Waals surface area contributed by atoms with Crippen molar-refractivity contribution in [1.82, 2.24) is 20.1 Å². The second-order valence-corrected chi connectivity index (χ2v) is 9.83. The summed E-state index contributed by atoms with van der Waals surface area (Å²) in [5.41, 5.74) is 3.08. The highest BCUT2D eigenvalue weighted by Crippen LogP contribution is 2.30. The highest BCUT2D eigenvalue weighted by atomic mass is 32.1. The fourth-order valence-electron chi connectivity index (χ4n) is 4.81. The molecule has 2 fully saturated rings. The fourth-order valence-corrected chi connectivity index (χ4v) is 5.34. The smallest absolute Gasteiger partial charge is 0.280 e. The minimum atomic E-state index is -0.100. The first-order valence-electron chi connectivity index (χ1n) is 11.5. The summed E-state index contributed by atoms with van der Waals surface area (Å²) < 4.78 is 0. The van der Waals surface area contributed by atoms with Gasteiger partial charge in [0, 0.05) is 49.4 Å². The van der Waals surface area contributed by atoms with Gasteiger partial charge < -0.3 is 10.2 Å². The molecule has 0 aliphatic carbocycles. The fraction of sp³-hybridized carbons (Fsp3) is 0.222. The van der Waals surface area contributed by atoms with E-state index in [0.717, 1.165) is 42.5 Å². The summed E-state index contributed by atoms with van der Waals surface area (Å²) >= 11 is 1.35. The lowest BCUT2D eigenvalue weighted by Gasteiger charge is -2.51. The second-order valence-electron chi connectivity index (χ2n) is 8.93. The molecular formula is C27H24N4O2S. The molecule has 7 heteroatoms. The summed E-state index contributed by atoms with van der Waals surface area (Å²) in [6.45, 7) is 3.10. The van der Waals surface area contributed by atoms with Gasteiger partial charge in [-0.25, -0.2) is 4.98 Å². The first kappa shape index (κ1) is 21.0. The van der Waals surface area contributed by atoms with Gasteiger partial charge in [-0.05, 0) is 34.0 Å². The molecule has 2 aliphatic heterocycles. The molecule has 0 spiro atoms. The molecule has 0 radical (unpaired) electrons. The summed E-state index contributed by atoms with van der Waals surface area (Å²) in [5.74, 6) is -0.0193. The van der Waals surface area contributed by atoms with Crippen molar-refractivity contribution in [1.29, 1.82) is 0 Å². The number of rotatable bonds is 5. The minimum Gasteiger partial charge on any atom is -0.345 e. The van der Waals surface area contributed by atoms with Crippen molar-refractivity contribution in [3.63, 3.8) is 0 Å². The highest BCUT2D eigenvalue weighted by molar-refractivity contribution is 7.11. The third-order valence-corrected chi connectivity index (χ3v) is 7.52. The molecule has 3 heterocycles. The van der Waals surface area contributed by atoms with E-state index in [1.165, 1.54) is 22.5 Å². The molecule has 1 N–H and O–H groups in total. The van der Waals surface area contributed by atoms with E-state index in [4.69, 9.17) is 0 Å². The third-order valence-electron chi connectivity index (χ3n) is 6.75. The first-order valence-corrected chi connectivity index (χ1v) is 12.4. The molecular weight excluding hydrogens is 444 g/mol. The Labute approximate surface area is 201 Å². The molecule has 2 amide bonds. The SMILES string of the molecule is O=C(NC1CN(C2CN(C(=O)c3ccc4c(-c5ccccc5)cccc4c3)C2)C1)c1nccs1. The molecule has 34 heavy (non-hydrogen) atoms. The predicted molar refractivity (Wildman–Crippen MR) is 134 cm³/mol. The number of likely N-dealkylation sites (tertiary alicyclic amines) is 2. The van der Waals surface area contributed by atoms with Gasteiger partial charge in [-0.2, -0.15) is 0 Å². The monoisotopic (exact) mass is 468 g/mol. The van der Waals surface area contributed by atoms with E-state index < -0.39 is 0 Å². The third kappa shape index (κ3) is 3.87. The van der Waals surface area contributed by atoms with Crippen LogP contribution in [-0.2, 0) is 0 Å². The van der Waals surface area contributed by atoms with Gasteiger partial charge in [0.05, 0.1) is 6.04 Å². The maximum absolute atomic E-state index is 13.1. The summed E-state index contributed by atoms with van der Waals surface area (Å²) in [4.78, 5) is 33.5. The molecule has 6 rings (SSSR count). The lowest BCUT2D eigenvalue weighted by molar-refractivity contribution is -0.00940. The van der Waals surface area contributed by atoms with Gasteiger partial charge in [-0.3, -0.25) is 14.5 Å². The summed E-state index contributed by atoms with van der Waals surface area (Å²) in [6.07, 6.45) is 1.64. The number of benzene rings is 3. The molecule has 2 saturated heterocycles. The van der Waals surface area contributed by atoms with Gasteiger partial charge in [0.15, 0.2) is 5.01 Å². The normalized spacial score (nSPS) is 16.8. The first-order chi connectivity index (χ1) is 16.7. The Balaban J connectivity index is 1.06. The van der Waals surface area contributed by atoms with E-state index in [1.807, 2.05) is 41.3 Å². The van der Waals surface area contributed by atoms with E-state index in [0.29, 0.717) is 11.0 Å². The standard InChI is InChI=1S/C27H24N4O2S/c32-25(26-28-11-12-34-26)29-21-14-30(15-21)22-16-31(17-22)27(33)20-9-10-24-19(13-20)7-4-8-23(24)18-5-2-1-3-6-18/h1-13,21-22H,14-17H2,(H,29,32). The molecule has 3 aromatic carbocycles. The number of hydrogen-bond acceptors (Lipinski definition) is 5. The Morgan fingerprint density at radius 3 is 2.53 bits per heavy atom. The van der Waals surface area contributed by atoms with Crippen LogP contribution in [0.25, 0.3) is 21.9 Å². The number of hydrogen-bond donors (Lipinski definition) is 1. The van der Waals surface area contributed by atoms with Gasteiger partial charge in [0.25, 0.3) is 11.8 Å². The average Bonchev–Trinajstić information content (AvgIpc) is 3.36. The number of amides is 2. The number of fused-ring (bicyclic) bond motifs is 1. The Bertz CT molecular complexity index is 1340. The van der Waals surface area contributed by atoms with Crippen LogP contribution in [0.15, 0.2) is 78.3 Å². The van der Waals surface area contributed by atoms with Crippen LogP contribution in [0.3, 0.4) is 0 Å². The number of aromatic nitrogens is 1. The Morgan fingerprint density at radius 2 is 1.76 bits per heavy atom. The maximum Gasteiger partial charge on any atom is 0.280 e. The number of nitrogens with one attached hydrogen (secondary N) is 1. The number of carbonyl (C=O) groups excluding carboxylic acids is 2. The summed E-state index contributed by atoms with van der Waals surface area (Å²) in [7, 11) is 0. The molecule has 6 nitrogen and oxygen atoms in total. The van der Waals surface area contributed by atoms with E-state index in [1.54, 1.807) is 11.6 Å². The average molecular weight is 469 g/mol. The van der Waals surface area contributed by atoms with Crippen LogP contribution in [0.5, 0.6) is 0 Å². The van der Waals surface area contributed by atoms with Crippen molar-refractivity contribution in [3.05, 3.63) is 88.9 Å². The Hall–Kier alpha value is -3.55. The zero-order valence-corrected chi connectivity index (χ0v) is 19.4. The van der Waals surface area contributed by atoms with Crippen molar-refractivity contribution in [2.24, 2.45) is 0 Å². The predicted octanol–water partition coefficient (Wildman–Crippen LogP) is 3.90. The highest BCUT2D eigenvalue weighted by Gasteiger charge is 2.41. The van der Waals surface area contributed by atoms with Gasteiger partial charge >= 0.3 is 0 Å². The molecule has 1 aromatic heterocycles. The number of thiazole rings is 1. The van der Waals surface area contributed by atoms with Gasteiger partial charge in [0.1, 0.15) is 0 Å². The van der Waals surface area contributed by atoms with Crippen LogP contribution in [-0.4, -0.2) is 64.9 Å². The van der Waals surface area contributed by atoms with Crippen LogP contribution >= 0.6 is 11.3 Å². The van der Waals surface area contributed by atoms with Crippen molar-refractivity contribution < 1.29 is 9.59 Å². The quantitative estimate of drug-likeness (QED) is 0.483. The molecule has 0 bridgehead atoms. The molecule has 0 unspecified atom stereocenters. The van der Waals surface area contributed by atoms with Crippen molar-refractivity contribution >= 4 is 33.9 Å². The molecule has 2 aliphatic rings. The lowest BCUT2D eigenvalue weighted by atomic mass is 9.95. The van der Waals surface area contributed by atoms with Crippen molar-refractivity contribution in [2.45, 2.75) is 12.1 Å². The molecule has 0 saturated carbocycles. The van der Waals surface area contributed by atoms with E-state index in [9.17, 15) is 9.59 Å². The van der Waals surface area contributed by atoms with Crippen LogP contribution in [0.1, 0.15) is 20.2 Å². The summed E-state index contributed by atoms with van der Waals surface area (Å²) in [5, 5.41) is 7.57. The van der Waals surface area contributed by atoms with Crippen molar-refractivity contribution in [3.8, 4) is 11.1 Å². The van der Waals surface area contributed by atoms with Gasteiger partial charge in [-0.1, -0.05) is 54.6 Å². The topological polar surface area (TPSA) is 65.5 Å². The molecule has 0 atom stereocenters. The van der Waals surface area contributed by atoms with Crippen LogP contribution in [0, 0.1) is 0 Å². The van der Waals surface area contributed by atoms with E-state index in [-0.39, 0.29) is 17.9 Å². The Kier molecular flexibility index (Phi) is 5.36. The van der Waals surface area contributed by atoms with Gasteiger partial charge in [0.2, 0.25) is 0 Å². The summed E-state index contributed by atoms with van der Waals surface area (Å²) in [6, 6.07) is 23.1. The minimum absolute atomic E-state index is 0.0809.